The van der Waals surface area contributed by atoms with E-state index in [1.165, 1.54) is 89.9 Å². The van der Waals surface area contributed by atoms with Crippen LogP contribution in [0.2, 0.25) is 0 Å². The van der Waals surface area contributed by atoms with Gasteiger partial charge in [-0.05, 0) is 26.6 Å². The molecule has 0 saturated heterocycles. The van der Waals surface area contributed by atoms with Gasteiger partial charge in [0.05, 0.1) is 0 Å². The molecule has 0 fully saturated rings. The number of nitrogens with zero attached hydrogens (tertiary/aromatic N) is 1. The summed E-state index contributed by atoms with van der Waals surface area (Å²) >= 11 is 0. The maximum Gasteiger partial charge on any atom is 0.217 e. The van der Waals surface area contributed by atoms with E-state index in [-0.39, 0.29) is 5.91 Å². The zero-order valence-electron chi connectivity index (χ0n) is 18.7. The van der Waals surface area contributed by atoms with Crippen LogP contribution in [0.1, 0.15) is 124 Å². The normalized spacial score (nSPS) is 10.7. The summed E-state index contributed by atoms with van der Waals surface area (Å²) < 4.78 is 0. The second kappa shape index (κ2) is 24.4. The third-order valence-corrected chi connectivity index (χ3v) is 5.11. The van der Waals surface area contributed by atoms with Gasteiger partial charge in [0.1, 0.15) is 0 Å². The van der Waals surface area contributed by atoms with Gasteiger partial charge < -0.3 is 10.6 Å². The largest absolute Gasteiger partial charge is 0.370 e. The first kappa shape index (κ1) is 27.6. The van der Waals surface area contributed by atoms with Crippen molar-refractivity contribution in [2.45, 2.75) is 124 Å². The molecular weight excluding hydrogens is 320 g/mol. The molecule has 3 nitrogen and oxygen atoms in total. The van der Waals surface area contributed by atoms with Crippen molar-refractivity contribution in [1.29, 1.82) is 0 Å². The molecule has 1 amide bonds. The molecule has 0 radical (unpaired) electrons. The van der Waals surface area contributed by atoms with Crippen molar-refractivity contribution in [1.82, 2.24) is 4.90 Å². The smallest absolute Gasteiger partial charge is 0.217 e. The molecule has 0 aliphatic heterocycles. The fourth-order valence-corrected chi connectivity index (χ4v) is 2.89. The second-order valence-electron chi connectivity index (χ2n) is 7.65. The quantitative estimate of drug-likeness (QED) is 0.273. The van der Waals surface area contributed by atoms with E-state index in [2.05, 4.69) is 32.7 Å². The predicted molar refractivity (Wildman–Crippen MR) is 118 cm³/mol. The molecular formula is C23H50N2O. The Bertz CT molecular complexity index is 265. The van der Waals surface area contributed by atoms with Gasteiger partial charge in [0.15, 0.2) is 0 Å². The van der Waals surface area contributed by atoms with Crippen LogP contribution in [0.5, 0.6) is 0 Å². The summed E-state index contributed by atoms with van der Waals surface area (Å²) in [6.45, 7) is 8.91. The van der Waals surface area contributed by atoms with E-state index in [0.717, 1.165) is 19.5 Å². The first-order valence-corrected chi connectivity index (χ1v) is 11.5. The molecule has 2 N–H and O–H groups in total. The molecule has 26 heavy (non-hydrogen) atoms. The fourth-order valence-electron chi connectivity index (χ4n) is 2.89. The van der Waals surface area contributed by atoms with E-state index >= 15 is 0 Å². The van der Waals surface area contributed by atoms with E-state index < -0.39 is 0 Å². The highest BCUT2D eigenvalue weighted by molar-refractivity contribution is 5.73. The van der Waals surface area contributed by atoms with E-state index in [9.17, 15) is 4.79 Å². The number of unbranched alkanes of at least 4 members (excludes halogenated alkanes) is 14. The number of nitrogens with two attached hydrogens (primary N) is 1. The van der Waals surface area contributed by atoms with Crippen molar-refractivity contribution in [3.05, 3.63) is 0 Å². The summed E-state index contributed by atoms with van der Waals surface area (Å²) in [6, 6.07) is 0. The minimum absolute atomic E-state index is 0.153. The van der Waals surface area contributed by atoms with E-state index in [4.69, 9.17) is 5.73 Å². The monoisotopic (exact) mass is 370 g/mol. The predicted octanol–water partition coefficient (Wildman–Crippen LogP) is 6.69. The molecule has 158 valence electrons. The number of amides is 1. The lowest BCUT2D eigenvalue weighted by Gasteiger charge is -2.07. The Kier molecular flexibility index (Phi) is 26.0. The molecule has 0 unspecified atom stereocenters. The van der Waals surface area contributed by atoms with Crippen LogP contribution >= 0.6 is 0 Å². The van der Waals surface area contributed by atoms with E-state index in [1.807, 2.05) is 0 Å². The molecule has 0 atom stereocenters. The maximum absolute atomic E-state index is 10.6. The Balaban J connectivity index is 0. The zero-order chi connectivity index (χ0) is 19.9. The molecule has 0 spiro atoms. The summed E-state index contributed by atoms with van der Waals surface area (Å²) in [6.07, 6.45) is 20.9. The topological polar surface area (TPSA) is 46.3 Å². The Labute approximate surface area is 165 Å². The van der Waals surface area contributed by atoms with Gasteiger partial charge in [-0.1, -0.05) is 111 Å². The molecule has 0 bridgehead atoms. The third-order valence-electron chi connectivity index (χ3n) is 5.11. The summed E-state index contributed by atoms with van der Waals surface area (Å²) in [5, 5.41) is 0. The number of primary amides is 1. The first-order chi connectivity index (χ1) is 12.6. The Morgan fingerprint density at radius 1 is 0.615 bits per heavy atom. The van der Waals surface area contributed by atoms with Gasteiger partial charge >= 0.3 is 0 Å². The number of carbonyl (C=O) groups is 1. The highest BCUT2D eigenvalue weighted by Crippen LogP contribution is 2.13. The average Bonchev–Trinajstić information content (AvgIpc) is 2.64. The molecule has 0 aliphatic rings. The fraction of sp³-hybridized carbons (Fsp3) is 0.957. The lowest BCUT2D eigenvalue weighted by atomic mass is 10.0. The SMILES string of the molecule is CCCCCCCCCCCCCCCCCC(N)=O.CCN(C)CC. The van der Waals surface area contributed by atoms with Crippen molar-refractivity contribution in [3.8, 4) is 0 Å². The Morgan fingerprint density at radius 3 is 1.15 bits per heavy atom. The van der Waals surface area contributed by atoms with Crippen molar-refractivity contribution in [3.63, 3.8) is 0 Å². The molecule has 0 aromatic rings. The maximum atomic E-state index is 10.6. The van der Waals surface area contributed by atoms with Crippen LogP contribution in [0.25, 0.3) is 0 Å². The van der Waals surface area contributed by atoms with Gasteiger partial charge in [0.2, 0.25) is 5.91 Å². The summed E-state index contributed by atoms with van der Waals surface area (Å²) in [7, 11) is 2.11. The minimum atomic E-state index is -0.153. The first-order valence-electron chi connectivity index (χ1n) is 11.5. The van der Waals surface area contributed by atoms with E-state index in [0.29, 0.717) is 6.42 Å². The van der Waals surface area contributed by atoms with Gasteiger partial charge in [-0.3, -0.25) is 4.79 Å². The van der Waals surface area contributed by atoms with Crippen LogP contribution in [0.3, 0.4) is 0 Å². The zero-order valence-corrected chi connectivity index (χ0v) is 18.7. The molecule has 0 rings (SSSR count). The van der Waals surface area contributed by atoms with Gasteiger partial charge in [-0.15, -0.1) is 0 Å². The lowest BCUT2D eigenvalue weighted by molar-refractivity contribution is -0.118. The Morgan fingerprint density at radius 2 is 0.923 bits per heavy atom. The standard InChI is InChI=1S/C18H37NO.C5H13N/c1-2-3-4-5-6-7-8-9-10-11-12-13-14-15-16-17-18(19)20;1-4-6(3)5-2/h2-17H2,1H3,(H2,19,20);4-5H2,1-3H3. The highest BCUT2D eigenvalue weighted by atomic mass is 16.1. The number of hydrogen-bond donors (Lipinski definition) is 1. The van der Waals surface area contributed by atoms with Crippen LogP contribution in [0, 0.1) is 0 Å². The van der Waals surface area contributed by atoms with Crippen molar-refractivity contribution < 1.29 is 4.79 Å². The minimum Gasteiger partial charge on any atom is -0.370 e. The van der Waals surface area contributed by atoms with Crippen LogP contribution in [-0.2, 0) is 4.79 Å². The van der Waals surface area contributed by atoms with Crippen LogP contribution < -0.4 is 5.73 Å². The van der Waals surface area contributed by atoms with E-state index in [1.54, 1.807) is 0 Å². The highest BCUT2D eigenvalue weighted by Gasteiger charge is 1.96. The van der Waals surface area contributed by atoms with Crippen molar-refractivity contribution >= 4 is 5.91 Å². The molecule has 0 aliphatic carbocycles. The number of carbonyl (C=O) groups excluding carboxylic acids is 1. The average molecular weight is 371 g/mol. The van der Waals surface area contributed by atoms with Crippen molar-refractivity contribution in [2.75, 3.05) is 20.1 Å². The third kappa shape index (κ3) is 28.2. The van der Waals surface area contributed by atoms with Gasteiger partial charge in [-0.2, -0.15) is 0 Å². The summed E-state index contributed by atoms with van der Waals surface area (Å²) in [5.74, 6) is -0.153. The molecule has 0 heterocycles. The lowest BCUT2D eigenvalue weighted by Crippen LogP contribution is -2.15. The van der Waals surface area contributed by atoms with Gasteiger partial charge in [0, 0.05) is 6.42 Å². The van der Waals surface area contributed by atoms with Crippen LogP contribution in [0.15, 0.2) is 0 Å². The van der Waals surface area contributed by atoms with Crippen molar-refractivity contribution in [2.24, 2.45) is 5.73 Å². The number of rotatable bonds is 18. The van der Waals surface area contributed by atoms with Gasteiger partial charge in [0.25, 0.3) is 0 Å². The molecule has 3 heteroatoms. The second-order valence-corrected chi connectivity index (χ2v) is 7.65. The van der Waals surface area contributed by atoms with Crippen LogP contribution in [0.4, 0.5) is 0 Å². The number of hydrogen-bond acceptors (Lipinski definition) is 2. The van der Waals surface area contributed by atoms with Gasteiger partial charge in [-0.25, -0.2) is 0 Å². The summed E-state index contributed by atoms with van der Waals surface area (Å²) in [5.41, 5.74) is 5.11. The Hall–Kier alpha value is -0.570. The molecule has 0 aromatic heterocycles. The molecule has 0 saturated carbocycles. The molecule has 0 aromatic carbocycles. The summed E-state index contributed by atoms with van der Waals surface area (Å²) in [4.78, 5) is 12.8. The van der Waals surface area contributed by atoms with Crippen LogP contribution in [-0.4, -0.2) is 30.9 Å².